The monoisotopic (exact) mass is 554 g/mol. The highest BCUT2D eigenvalue weighted by Crippen LogP contribution is 2.36. The lowest BCUT2D eigenvalue weighted by Crippen LogP contribution is -2.28. The Labute approximate surface area is 203 Å². The van der Waals surface area contributed by atoms with E-state index in [1.165, 1.54) is 20.9 Å². The lowest BCUT2D eigenvalue weighted by molar-refractivity contribution is -0.385. The van der Waals surface area contributed by atoms with Gasteiger partial charge in [-0.1, -0.05) is 0 Å². The standard InChI is InChI=1S/C20H16F6N4O6S/c1-9-4-15-14(8-16(9)36-37(34,35)20(24,25)26)17(28-29(3)18(15)31)27-10(2)11-5-12(19(21,22)23)7-13(6-11)30(32)33/h4-8,10H,1-3H3,(H,27,28). The van der Waals surface area contributed by atoms with Crippen LogP contribution in [0.3, 0.4) is 0 Å². The molecule has 0 radical (unpaired) electrons. The van der Waals surface area contributed by atoms with Gasteiger partial charge in [0.2, 0.25) is 0 Å². The first-order valence-electron chi connectivity index (χ1n) is 9.97. The second-order valence-electron chi connectivity index (χ2n) is 7.86. The summed E-state index contributed by atoms with van der Waals surface area (Å²) in [7, 11) is -4.84. The fourth-order valence-electron chi connectivity index (χ4n) is 3.29. The summed E-state index contributed by atoms with van der Waals surface area (Å²) in [6.45, 7) is 2.51. The number of nitrogens with zero attached hydrogens (tertiary/aromatic N) is 3. The topological polar surface area (TPSA) is 133 Å². The third kappa shape index (κ3) is 5.60. The van der Waals surface area contributed by atoms with E-state index in [4.69, 9.17) is 0 Å². The van der Waals surface area contributed by atoms with Crippen molar-refractivity contribution in [1.29, 1.82) is 0 Å². The number of fused-ring (bicyclic) bond motifs is 1. The van der Waals surface area contributed by atoms with E-state index in [0.29, 0.717) is 12.1 Å². The summed E-state index contributed by atoms with van der Waals surface area (Å²) in [4.78, 5) is 22.7. The molecule has 0 amide bonds. The van der Waals surface area contributed by atoms with Crippen molar-refractivity contribution in [3.8, 4) is 5.75 Å². The van der Waals surface area contributed by atoms with E-state index < -0.39 is 55.3 Å². The summed E-state index contributed by atoms with van der Waals surface area (Å²) < 4.78 is 106. The van der Waals surface area contributed by atoms with Crippen LogP contribution < -0.4 is 15.1 Å². The molecule has 1 N–H and O–H groups in total. The van der Waals surface area contributed by atoms with Crippen molar-refractivity contribution in [3.05, 3.63) is 67.5 Å². The van der Waals surface area contributed by atoms with E-state index >= 15 is 0 Å². The van der Waals surface area contributed by atoms with Gasteiger partial charge in [0.15, 0.2) is 5.82 Å². The van der Waals surface area contributed by atoms with Gasteiger partial charge < -0.3 is 9.50 Å². The molecule has 17 heteroatoms. The first-order valence-corrected chi connectivity index (χ1v) is 11.4. The summed E-state index contributed by atoms with van der Waals surface area (Å²) >= 11 is 0. The molecule has 0 saturated heterocycles. The van der Waals surface area contributed by atoms with Gasteiger partial charge in [0.25, 0.3) is 11.2 Å². The van der Waals surface area contributed by atoms with Crippen molar-refractivity contribution in [2.75, 3.05) is 5.32 Å². The summed E-state index contributed by atoms with van der Waals surface area (Å²) in [6.07, 6.45) is -4.91. The Kier molecular flexibility index (Phi) is 6.89. The van der Waals surface area contributed by atoms with Gasteiger partial charge in [-0.25, -0.2) is 4.68 Å². The number of aromatic nitrogens is 2. The van der Waals surface area contributed by atoms with Gasteiger partial charge in [0.1, 0.15) is 5.75 Å². The summed E-state index contributed by atoms with van der Waals surface area (Å²) in [5.41, 5.74) is -8.96. The molecule has 0 saturated carbocycles. The molecule has 1 atom stereocenters. The zero-order chi connectivity index (χ0) is 28.1. The van der Waals surface area contributed by atoms with Crippen LogP contribution in [-0.4, -0.2) is 28.6 Å². The number of benzene rings is 2. The van der Waals surface area contributed by atoms with Crippen molar-refractivity contribution in [1.82, 2.24) is 9.78 Å². The molecule has 3 rings (SSSR count). The number of aryl methyl sites for hydroxylation is 2. The third-order valence-corrected chi connectivity index (χ3v) is 6.12. The van der Waals surface area contributed by atoms with Crippen molar-refractivity contribution < 1.29 is 43.9 Å². The molecule has 37 heavy (non-hydrogen) atoms. The number of hydrogen-bond donors (Lipinski definition) is 1. The fourth-order valence-corrected chi connectivity index (χ4v) is 3.80. The largest absolute Gasteiger partial charge is 0.534 e. The number of nitrogens with one attached hydrogen (secondary N) is 1. The quantitative estimate of drug-likeness (QED) is 0.154. The normalized spacial score (nSPS) is 13.4. The van der Waals surface area contributed by atoms with E-state index in [1.807, 2.05) is 0 Å². The lowest BCUT2D eigenvalue weighted by Gasteiger charge is -2.19. The first kappa shape index (κ1) is 27.7. The molecule has 1 unspecified atom stereocenters. The number of nitro benzene ring substituents is 1. The van der Waals surface area contributed by atoms with E-state index in [-0.39, 0.29) is 27.7 Å². The van der Waals surface area contributed by atoms with Crippen molar-refractivity contribution >= 4 is 32.4 Å². The number of rotatable bonds is 6. The Bertz CT molecular complexity index is 1570. The van der Waals surface area contributed by atoms with Gasteiger partial charge in [-0.05, 0) is 43.2 Å². The van der Waals surface area contributed by atoms with Gasteiger partial charge in [0.05, 0.1) is 21.9 Å². The summed E-state index contributed by atoms with van der Waals surface area (Å²) in [5, 5.41) is 17.4. The SMILES string of the molecule is Cc1cc2c(=O)n(C)nc(NC(C)c3cc([N+](=O)[O-])cc(C(F)(F)F)c3)c2cc1OS(=O)(=O)C(F)(F)F. The Hall–Kier alpha value is -3.89. The maximum absolute atomic E-state index is 13.3. The van der Waals surface area contributed by atoms with Crippen molar-refractivity contribution in [2.45, 2.75) is 31.6 Å². The highest BCUT2D eigenvalue weighted by molar-refractivity contribution is 7.88. The summed E-state index contributed by atoms with van der Waals surface area (Å²) in [5.74, 6) is -1.02. The summed E-state index contributed by atoms with van der Waals surface area (Å²) in [6, 6.07) is 2.65. The fraction of sp³-hybridized carbons (Fsp3) is 0.300. The number of alkyl halides is 6. The molecule has 3 aromatic rings. The van der Waals surface area contributed by atoms with Crippen LogP contribution in [-0.2, 0) is 23.3 Å². The number of non-ortho nitro benzene ring substituents is 1. The number of anilines is 1. The molecule has 0 aliphatic carbocycles. The molecule has 0 aliphatic rings. The molecule has 0 bridgehead atoms. The number of nitro groups is 1. The van der Waals surface area contributed by atoms with E-state index in [0.717, 1.165) is 22.9 Å². The van der Waals surface area contributed by atoms with Gasteiger partial charge >= 0.3 is 21.8 Å². The molecule has 0 spiro atoms. The van der Waals surface area contributed by atoms with Gasteiger partial charge in [-0.15, -0.1) is 0 Å². The van der Waals surface area contributed by atoms with Gasteiger partial charge in [0, 0.05) is 24.6 Å². The Morgan fingerprint density at radius 2 is 1.70 bits per heavy atom. The average Bonchev–Trinajstić information content (AvgIpc) is 2.76. The van der Waals surface area contributed by atoms with Gasteiger partial charge in [-0.2, -0.15) is 39.9 Å². The zero-order valence-electron chi connectivity index (χ0n) is 18.9. The molecule has 200 valence electrons. The highest BCUT2D eigenvalue weighted by Gasteiger charge is 2.48. The molecular weight excluding hydrogens is 538 g/mol. The minimum Gasteiger partial charge on any atom is -0.376 e. The smallest absolute Gasteiger partial charge is 0.376 e. The van der Waals surface area contributed by atoms with E-state index in [1.54, 1.807) is 0 Å². The molecule has 10 nitrogen and oxygen atoms in total. The van der Waals surface area contributed by atoms with Crippen LogP contribution in [0.5, 0.6) is 5.75 Å². The van der Waals surface area contributed by atoms with Crippen molar-refractivity contribution in [2.24, 2.45) is 7.05 Å². The van der Waals surface area contributed by atoms with Gasteiger partial charge in [-0.3, -0.25) is 14.9 Å². The van der Waals surface area contributed by atoms with Crippen molar-refractivity contribution in [3.63, 3.8) is 0 Å². The van der Waals surface area contributed by atoms with Crippen LogP contribution in [0.4, 0.5) is 37.8 Å². The van der Waals surface area contributed by atoms with Crippen LogP contribution in [0.2, 0.25) is 0 Å². The Balaban J connectivity index is 2.16. The predicted octanol–water partition coefficient (Wildman–Crippen LogP) is 4.57. The number of halogens is 6. The molecule has 2 aromatic carbocycles. The Morgan fingerprint density at radius 1 is 1.08 bits per heavy atom. The number of hydrogen-bond acceptors (Lipinski definition) is 8. The van der Waals surface area contributed by atoms with Crippen LogP contribution in [0.15, 0.2) is 35.1 Å². The van der Waals surface area contributed by atoms with E-state index in [9.17, 15) is 49.7 Å². The van der Waals surface area contributed by atoms with Crippen LogP contribution in [0.25, 0.3) is 10.8 Å². The molecule has 1 aromatic heterocycles. The minimum absolute atomic E-state index is 0.128. The second kappa shape index (κ2) is 9.20. The zero-order valence-corrected chi connectivity index (χ0v) is 19.7. The van der Waals surface area contributed by atoms with Crippen LogP contribution >= 0.6 is 0 Å². The molecule has 0 fully saturated rings. The molecular formula is C20H16F6N4O6S. The third-order valence-electron chi connectivity index (χ3n) is 5.16. The molecule has 1 heterocycles. The van der Waals surface area contributed by atoms with Crippen LogP contribution in [0, 0.1) is 17.0 Å². The highest BCUT2D eigenvalue weighted by atomic mass is 32.2. The predicted molar refractivity (Wildman–Crippen MR) is 117 cm³/mol. The Morgan fingerprint density at radius 3 is 2.24 bits per heavy atom. The maximum Gasteiger partial charge on any atom is 0.534 e. The molecule has 0 aliphatic heterocycles. The average molecular weight is 554 g/mol. The van der Waals surface area contributed by atoms with Crippen LogP contribution in [0.1, 0.15) is 29.7 Å². The minimum atomic E-state index is -6.07. The lowest BCUT2D eigenvalue weighted by atomic mass is 10.0. The first-order chi connectivity index (χ1) is 16.8. The van der Waals surface area contributed by atoms with E-state index in [2.05, 4.69) is 14.6 Å². The maximum atomic E-state index is 13.3. The second-order valence-corrected chi connectivity index (χ2v) is 9.40.